The third-order valence-corrected chi connectivity index (χ3v) is 3.72. The van der Waals surface area contributed by atoms with Crippen molar-refractivity contribution < 1.29 is 9.53 Å². The summed E-state index contributed by atoms with van der Waals surface area (Å²) >= 11 is 7.62. The van der Waals surface area contributed by atoms with Gasteiger partial charge in [-0.3, -0.25) is 4.79 Å². The predicted molar refractivity (Wildman–Crippen MR) is 72.7 cm³/mol. The molecule has 1 aromatic rings. The molecule has 2 rings (SSSR count). The smallest absolute Gasteiger partial charge is 0.252 e. The molecule has 0 aliphatic carbocycles. The van der Waals surface area contributed by atoms with E-state index in [1.54, 1.807) is 6.07 Å². The largest absolute Gasteiger partial charge is 0.381 e. The summed E-state index contributed by atoms with van der Waals surface area (Å²) in [7, 11) is 0. The Kier molecular flexibility index (Phi) is 4.48. The summed E-state index contributed by atoms with van der Waals surface area (Å²) in [6.07, 6.45) is 1.76. The van der Waals surface area contributed by atoms with Crippen molar-refractivity contribution >= 4 is 34.5 Å². The highest BCUT2D eigenvalue weighted by Crippen LogP contribution is 2.20. The van der Waals surface area contributed by atoms with Gasteiger partial charge >= 0.3 is 0 Å². The van der Waals surface area contributed by atoms with E-state index in [0.29, 0.717) is 5.56 Å². The summed E-state index contributed by atoms with van der Waals surface area (Å²) in [5.74, 6) is -0.0559. The molecule has 0 aromatic heterocycles. The first kappa shape index (κ1) is 12.9. The highest BCUT2D eigenvalue weighted by atomic mass is 79.9. The minimum atomic E-state index is -0.0559. The molecular formula is C12H14BrNO2S. The molecule has 5 heteroatoms. The van der Waals surface area contributed by atoms with E-state index in [-0.39, 0.29) is 11.9 Å². The Morgan fingerprint density at radius 3 is 2.82 bits per heavy atom. The molecule has 1 aliphatic rings. The van der Waals surface area contributed by atoms with Crippen molar-refractivity contribution in [2.24, 2.45) is 0 Å². The van der Waals surface area contributed by atoms with Crippen LogP contribution in [0.25, 0.3) is 0 Å². The minimum Gasteiger partial charge on any atom is -0.381 e. The van der Waals surface area contributed by atoms with E-state index < -0.39 is 0 Å². The van der Waals surface area contributed by atoms with Crippen LogP contribution < -0.4 is 5.32 Å². The second-order valence-corrected chi connectivity index (χ2v) is 5.39. The van der Waals surface area contributed by atoms with E-state index in [1.807, 2.05) is 12.1 Å². The maximum absolute atomic E-state index is 12.1. The first-order chi connectivity index (χ1) is 8.16. The van der Waals surface area contributed by atoms with Crippen LogP contribution >= 0.6 is 28.6 Å². The molecule has 92 valence electrons. The Labute approximate surface area is 114 Å². The lowest BCUT2D eigenvalue weighted by Gasteiger charge is -2.23. The van der Waals surface area contributed by atoms with Gasteiger partial charge < -0.3 is 10.1 Å². The van der Waals surface area contributed by atoms with Gasteiger partial charge in [-0.15, -0.1) is 12.6 Å². The fraction of sp³-hybridized carbons (Fsp3) is 0.417. The number of hydrogen-bond acceptors (Lipinski definition) is 3. The summed E-state index contributed by atoms with van der Waals surface area (Å²) in [5.41, 5.74) is 0.629. The predicted octanol–water partition coefficient (Wildman–Crippen LogP) is 2.65. The molecule has 1 fully saturated rings. The van der Waals surface area contributed by atoms with Gasteiger partial charge in [-0.05, 0) is 47.0 Å². The van der Waals surface area contributed by atoms with E-state index >= 15 is 0 Å². The number of benzene rings is 1. The zero-order valence-corrected chi connectivity index (χ0v) is 11.8. The highest BCUT2D eigenvalue weighted by Gasteiger charge is 2.18. The second-order valence-electron chi connectivity index (χ2n) is 4.02. The Hall–Kier alpha value is -0.520. The fourth-order valence-corrected chi connectivity index (χ4v) is 2.42. The number of nitrogens with one attached hydrogen (secondary N) is 1. The third-order valence-electron chi connectivity index (χ3n) is 2.75. The molecule has 1 saturated heterocycles. The molecule has 0 radical (unpaired) electrons. The Morgan fingerprint density at radius 1 is 1.41 bits per heavy atom. The highest BCUT2D eigenvalue weighted by molar-refractivity contribution is 9.10. The van der Waals surface area contributed by atoms with Gasteiger partial charge in [0.1, 0.15) is 0 Å². The molecule has 0 unspecified atom stereocenters. The van der Waals surface area contributed by atoms with Crippen molar-refractivity contribution in [3.05, 3.63) is 28.2 Å². The van der Waals surface area contributed by atoms with Crippen LogP contribution in [0.15, 0.2) is 27.6 Å². The monoisotopic (exact) mass is 315 g/mol. The Morgan fingerprint density at radius 2 is 2.12 bits per heavy atom. The number of carbonyl (C=O) groups is 1. The molecule has 0 saturated carbocycles. The van der Waals surface area contributed by atoms with Gasteiger partial charge in [-0.2, -0.15) is 0 Å². The molecule has 1 aliphatic heterocycles. The van der Waals surface area contributed by atoms with Crippen LogP contribution in [0.1, 0.15) is 23.2 Å². The first-order valence-corrected chi connectivity index (χ1v) is 6.78. The summed E-state index contributed by atoms with van der Waals surface area (Å²) in [6.45, 7) is 1.44. The molecule has 1 aromatic carbocycles. The van der Waals surface area contributed by atoms with Gasteiger partial charge in [0.2, 0.25) is 0 Å². The second kappa shape index (κ2) is 5.89. The normalized spacial score (nSPS) is 16.8. The van der Waals surface area contributed by atoms with E-state index in [9.17, 15) is 4.79 Å². The van der Waals surface area contributed by atoms with E-state index in [0.717, 1.165) is 35.4 Å². The molecule has 3 nitrogen and oxygen atoms in total. The third kappa shape index (κ3) is 3.47. The lowest BCUT2D eigenvalue weighted by atomic mass is 10.1. The minimum absolute atomic E-state index is 0.0559. The standard InChI is InChI=1S/C12H14BrNO2S/c13-11-2-1-9(17)7-10(11)12(15)14-8-3-5-16-6-4-8/h1-2,7-8,17H,3-6H2,(H,14,15). The van der Waals surface area contributed by atoms with E-state index in [1.165, 1.54) is 0 Å². The van der Waals surface area contributed by atoms with Crippen LogP contribution in [0.5, 0.6) is 0 Å². The van der Waals surface area contributed by atoms with E-state index in [4.69, 9.17) is 4.74 Å². The first-order valence-electron chi connectivity index (χ1n) is 5.54. The molecule has 1 N–H and O–H groups in total. The summed E-state index contributed by atoms with van der Waals surface area (Å²) in [6, 6.07) is 5.66. The van der Waals surface area contributed by atoms with Crippen LogP contribution in [0, 0.1) is 0 Å². The molecule has 0 bridgehead atoms. The summed E-state index contributed by atoms with van der Waals surface area (Å²) in [5, 5.41) is 3.02. The van der Waals surface area contributed by atoms with Crippen LogP contribution in [0.2, 0.25) is 0 Å². The van der Waals surface area contributed by atoms with Crippen molar-refractivity contribution in [3.8, 4) is 0 Å². The number of thiol groups is 1. The molecule has 1 amide bonds. The van der Waals surface area contributed by atoms with Gasteiger partial charge in [0.25, 0.3) is 5.91 Å². The summed E-state index contributed by atoms with van der Waals surface area (Å²) in [4.78, 5) is 12.9. The summed E-state index contributed by atoms with van der Waals surface area (Å²) < 4.78 is 6.05. The van der Waals surface area contributed by atoms with Crippen LogP contribution in [0.4, 0.5) is 0 Å². The number of carbonyl (C=O) groups excluding carboxylic acids is 1. The van der Waals surface area contributed by atoms with E-state index in [2.05, 4.69) is 33.9 Å². The Bertz CT molecular complexity index is 419. The van der Waals surface area contributed by atoms with Gasteiger partial charge in [-0.25, -0.2) is 0 Å². The van der Waals surface area contributed by atoms with Crippen LogP contribution in [-0.2, 0) is 4.74 Å². The topological polar surface area (TPSA) is 38.3 Å². The lowest BCUT2D eigenvalue weighted by molar-refractivity contribution is 0.0696. The fourth-order valence-electron chi connectivity index (χ4n) is 1.79. The number of amides is 1. The maximum atomic E-state index is 12.1. The zero-order valence-electron chi connectivity index (χ0n) is 9.28. The van der Waals surface area contributed by atoms with Gasteiger partial charge in [0, 0.05) is 28.6 Å². The number of halogens is 1. The van der Waals surface area contributed by atoms with Gasteiger partial charge in [0.05, 0.1) is 5.56 Å². The van der Waals surface area contributed by atoms with Crippen molar-refractivity contribution in [1.29, 1.82) is 0 Å². The molecular weight excluding hydrogens is 302 g/mol. The molecule has 0 spiro atoms. The average molecular weight is 316 g/mol. The quantitative estimate of drug-likeness (QED) is 0.823. The molecule has 0 atom stereocenters. The SMILES string of the molecule is O=C(NC1CCOCC1)c1cc(S)ccc1Br. The number of rotatable bonds is 2. The number of hydrogen-bond donors (Lipinski definition) is 2. The van der Waals surface area contributed by atoms with Crippen molar-refractivity contribution in [1.82, 2.24) is 5.32 Å². The van der Waals surface area contributed by atoms with Crippen LogP contribution in [-0.4, -0.2) is 25.2 Å². The Balaban J connectivity index is 2.05. The average Bonchev–Trinajstić information content (AvgIpc) is 2.33. The molecule has 17 heavy (non-hydrogen) atoms. The van der Waals surface area contributed by atoms with Crippen molar-refractivity contribution in [3.63, 3.8) is 0 Å². The van der Waals surface area contributed by atoms with Gasteiger partial charge in [0.15, 0.2) is 0 Å². The molecule has 1 heterocycles. The van der Waals surface area contributed by atoms with Gasteiger partial charge in [-0.1, -0.05) is 0 Å². The maximum Gasteiger partial charge on any atom is 0.252 e. The van der Waals surface area contributed by atoms with Crippen molar-refractivity contribution in [2.45, 2.75) is 23.8 Å². The lowest BCUT2D eigenvalue weighted by Crippen LogP contribution is -2.39. The van der Waals surface area contributed by atoms with Crippen molar-refractivity contribution in [2.75, 3.05) is 13.2 Å². The van der Waals surface area contributed by atoms with Crippen LogP contribution in [0.3, 0.4) is 0 Å². The zero-order chi connectivity index (χ0) is 12.3. The number of ether oxygens (including phenoxy) is 1.